The average Bonchev–Trinajstić information content (AvgIpc) is 3.46. The van der Waals surface area contributed by atoms with Gasteiger partial charge in [0.05, 0.1) is 24.9 Å². The van der Waals surface area contributed by atoms with Gasteiger partial charge in [0.1, 0.15) is 11.8 Å². The van der Waals surface area contributed by atoms with E-state index in [2.05, 4.69) is 10.4 Å². The van der Waals surface area contributed by atoms with Crippen molar-refractivity contribution in [3.05, 3.63) is 48.3 Å². The molecule has 0 radical (unpaired) electrons. The summed E-state index contributed by atoms with van der Waals surface area (Å²) in [6.45, 7) is 6.51. The number of aromatic nitrogens is 3. The third kappa shape index (κ3) is 7.27. The first-order chi connectivity index (χ1) is 18.5. The van der Waals surface area contributed by atoms with Crippen molar-refractivity contribution in [2.24, 2.45) is 5.92 Å². The Bertz CT molecular complexity index is 1280. The molecule has 0 spiro atoms. The Morgan fingerprint density at radius 3 is 2.72 bits per heavy atom. The number of halogens is 2. The fraction of sp³-hybridized carbons (Fsp3) is 0.481. The molecule has 12 heteroatoms. The number of nitrogens with one attached hydrogen (secondary N) is 1. The van der Waals surface area contributed by atoms with Gasteiger partial charge in [-0.1, -0.05) is 0 Å². The molecule has 3 heterocycles. The fourth-order valence-corrected chi connectivity index (χ4v) is 4.51. The SMILES string of the molecule is CCOc1ccc(F)c(Oc2cc(O)n([C@@H](CC3CCOCC3)C(=O)Nc3ccn(CC(C)(C)O)n3)c2)c1F. The molecule has 0 aliphatic carbocycles. The third-order valence-corrected chi connectivity index (χ3v) is 6.31. The highest BCUT2D eigenvalue weighted by atomic mass is 19.1. The van der Waals surface area contributed by atoms with Crippen LogP contribution in [0, 0.1) is 17.6 Å². The largest absolute Gasteiger partial charge is 0.494 e. The van der Waals surface area contributed by atoms with Crippen molar-refractivity contribution >= 4 is 11.7 Å². The Kier molecular flexibility index (Phi) is 8.76. The molecule has 0 saturated carbocycles. The topological polar surface area (TPSA) is 120 Å². The number of hydrogen-bond donors (Lipinski definition) is 3. The molecule has 3 N–H and O–H groups in total. The molecule has 10 nitrogen and oxygen atoms in total. The van der Waals surface area contributed by atoms with Crippen LogP contribution in [-0.4, -0.2) is 55.9 Å². The second kappa shape index (κ2) is 12.0. The van der Waals surface area contributed by atoms with Gasteiger partial charge in [0.2, 0.25) is 17.5 Å². The molecule has 1 amide bonds. The molecule has 1 aromatic carbocycles. The summed E-state index contributed by atoms with van der Waals surface area (Å²) in [5.74, 6) is -3.19. The molecule has 1 aliphatic rings. The molecule has 0 bridgehead atoms. The van der Waals surface area contributed by atoms with Gasteiger partial charge < -0.3 is 34.3 Å². The zero-order valence-corrected chi connectivity index (χ0v) is 22.2. The number of carbonyl (C=O) groups is 1. The van der Waals surface area contributed by atoms with E-state index in [0.29, 0.717) is 19.6 Å². The van der Waals surface area contributed by atoms with E-state index in [1.54, 1.807) is 33.0 Å². The molecule has 1 atom stereocenters. The van der Waals surface area contributed by atoms with Gasteiger partial charge in [0, 0.05) is 31.5 Å². The van der Waals surface area contributed by atoms with Crippen LogP contribution in [0.15, 0.2) is 36.7 Å². The first kappa shape index (κ1) is 28.4. The van der Waals surface area contributed by atoms with Crippen LogP contribution >= 0.6 is 0 Å². The van der Waals surface area contributed by atoms with Gasteiger partial charge in [-0.25, -0.2) is 4.39 Å². The van der Waals surface area contributed by atoms with Crippen molar-refractivity contribution < 1.29 is 38.0 Å². The van der Waals surface area contributed by atoms with E-state index >= 15 is 0 Å². The number of hydrogen-bond acceptors (Lipinski definition) is 7. The highest BCUT2D eigenvalue weighted by molar-refractivity contribution is 5.93. The number of nitrogens with zero attached hydrogens (tertiary/aromatic N) is 3. The molecule has 0 unspecified atom stereocenters. The van der Waals surface area contributed by atoms with Crippen LogP contribution in [0.1, 0.15) is 46.1 Å². The molecule has 1 fully saturated rings. The molecule has 39 heavy (non-hydrogen) atoms. The van der Waals surface area contributed by atoms with Crippen molar-refractivity contribution in [3.8, 4) is 23.1 Å². The molecule has 3 aromatic rings. The smallest absolute Gasteiger partial charge is 0.248 e. The van der Waals surface area contributed by atoms with Gasteiger partial charge in [-0.2, -0.15) is 9.49 Å². The Balaban J connectivity index is 1.58. The second-order valence-corrected chi connectivity index (χ2v) is 10.2. The molecule has 1 saturated heterocycles. The maximum absolute atomic E-state index is 14.8. The number of rotatable bonds is 11. The molecular formula is C27H34F2N4O6. The van der Waals surface area contributed by atoms with E-state index in [-0.39, 0.29) is 42.3 Å². The van der Waals surface area contributed by atoms with Gasteiger partial charge in [-0.3, -0.25) is 9.48 Å². The lowest BCUT2D eigenvalue weighted by Crippen LogP contribution is -2.30. The summed E-state index contributed by atoms with van der Waals surface area (Å²) in [5, 5.41) is 27.9. The summed E-state index contributed by atoms with van der Waals surface area (Å²) < 4.78 is 48.1. The summed E-state index contributed by atoms with van der Waals surface area (Å²) in [6.07, 6.45) is 4.84. The minimum Gasteiger partial charge on any atom is -0.494 e. The third-order valence-electron chi connectivity index (χ3n) is 6.31. The summed E-state index contributed by atoms with van der Waals surface area (Å²) in [4.78, 5) is 13.5. The van der Waals surface area contributed by atoms with Crippen LogP contribution in [-0.2, 0) is 16.1 Å². The predicted octanol–water partition coefficient (Wildman–Crippen LogP) is 4.63. The summed E-state index contributed by atoms with van der Waals surface area (Å²) in [6, 6.07) is 4.11. The van der Waals surface area contributed by atoms with E-state index in [9.17, 15) is 23.8 Å². The van der Waals surface area contributed by atoms with Gasteiger partial charge in [-0.15, -0.1) is 0 Å². The Hall–Kier alpha value is -3.64. The summed E-state index contributed by atoms with van der Waals surface area (Å²) >= 11 is 0. The summed E-state index contributed by atoms with van der Waals surface area (Å²) in [7, 11) is 0. The maximum Gasteiger partial charge on any atom is 0.248 e. The van der Waals surface area contributed by atoms with Crippen molar-refractivity contribution in [1.29, 1.82) is 0 Å². The van der Waals surface area contributed by atoms with E-state index in [1.165, 1.54) is 27.6 Å². The molecule has 4 rings (SSSR count). The standard InChI is InChI=1S/C27H34F2N4O6/c1-4-38-21-6-5-19(28)25(24(21)29)39-18-14-23(34)33(15-18)20(13-17-8-11-37-12-9-17)26(35)30-22-7-10-32(31-22)16-27(2,3)36/h5-7,10,14-15,17,20,34,36H,4,8-9,11-13,16H2,1-3H3,(H,30,31,35)/t20-/m0/s1. The highest BCUT2D eigenvalue weighted by Crippen LogP contribution is 2.37. The highest BCUT2D eigenvalue weighted by Gasteiger charge is 2.29. The number of anilines is 1. The van der Waals surface area contributed by atoms with Crippen LogP contribution in [0.5, 0.6) is 23.1 Å². The molecule has 1 aliphatic heterocycles. The predicted molar refractivity (Wildman–Crippen MR) is 138 cm³/mol. The van der Waals surface area contributed by atoms with Crippen molar-refractivity contribution in [1.82, 2.24) is 14.3 Å². The summed E-state index contributed by atoms with van der Waals surface area (Å²) in [5.41, 5.74) is -0.993. The minimum atomic E-state index is -1.01. The van der Waals surface area contributed by atoms with Crippen molar-refractivity contribution in [2.45, 2.75) is 58.2 Å². The number of aromatic hydroxyl groups is 1. The second-order valence-electron chi connectivity index (χ2n) is 10.2. The number of benzene rings is 1. The zero-order chi connectivity index (χ0) is 28.2. The van der Waals surface area contributed by atoms with Crippen LogP contribution in [0.4, 0.5) is 14.6 Å². The Morgan fingerprint density at radius 1 is 1.28 bits per heavy atom. The maximum atomic E-state index is 14.8. The van der Waals surface area contributed by atoms with Crippen LogP contribution in [0.2, 0.25) is 0 Å². The van der Waals surface area contributed by atoms with Crippen LogP contribution in [0.25, 0.3) is 0 Å². The Labute approximate surface area is 225 Å². The lowest BCUT2D eigenvalue weighted by Gasteiger charge is -2.27. The number of carbonyl (C=O) groups excluding carboxylic acids is 1. The minimum absolute atomic E-state index is 0.0572. The number of aliphatic hydroxyl groups is 1. The normalized spacial score (nSPS) is 15.2. The Morgan fingerprint density at radius 2 is 2.03 bits per heavy atom. The van der Waals surface area contributed by atoms with E-state index < -0.39 is 34.9 Å². The molecular weight excluding hydrogens is 514 g/mol. The zero-order valence-electron chi connectivity index (χ0n) is 22.2. The van der Waals surface area contributed by atoms with E-state index in [1.807, 2.05) is 0 Å². The van der Waals surface area contributed by atoms with Crippen molar-refractivity contribution in [2.75, 3.05) is 25.1 Å². The van der Waals surface area contributed by atoms with Crippen LogP contribution in [0.3, 0.4) is 0 Å². The van der Waals surface area contributed by atoms with E-state index in [0.717, 1.165) is 18.9 Å². The lowest BCUT2D eigenvalue weighted by atomic mass is 9.92. The monoisotopic (exact) mass is 548 g/mol. The van der Waals surface area contributed by atoms with Gasteiger partial charge in [0.15, 0.2) is 23.3 Å². The lowest BCUT2D eigenvalue weighted by molar-refractivity contribution is -0.120. The quantitative estimate of drug-likeness (QED) is 0.320. The van der Waals surface area contributed by atoms with Gasteiger partial charge in [0.25, 0.3) is 0 Å². The number of amides is 1. The first-order valence-corrected chi connectivity index (χ1v) is 12.9. The van der Waals surface area contributed by atoms with Gasteiger partial charge >= 0.3 is 0 Å². The average molecular weight is 549 g/mol. The number of ether oxygens (including phenoxy) is 3. The first-order valence-electron chi connectivity index (χ1n) is 12.9. The van der Waals surface area contributed by atoms with Crippen molar-refractivity contribution in [3.63, 3.8) is 0 Å². The van der Waals surface area contributed by atoms with E-state index in [4.69, 9.17) is 14.2 Å². The molecule has 2 aromatic heterocycles. The fourth-order valence-electron chi connectivity index (χ4n) is 4.51. The van der Waals surface area contributed by atoms with Gasteiger partial charge in [-0.05, 0) is 58.1 Å². The van der Waals surface area contributed by atoms with Crippen LogP contribution < -0.4 is 14.8 Å². The molecule has 212 valence electrons.